The molecule has 76 valence electrons. The summed E-state index contributed by atoms with van der Waals surface area (Å²) in [6.07, 6.45) is 2.37. The lowest BCUT2D eigenvalue weighted by molar-refractivity contribution is -0.133. The van der Waals surface area contributed by atoms with Crippen LogP contribution in [0.3, 0.4) is 0 Å². The monoisotopic (exact) mass is 197 g/mol. The molecular formula is C9H11NO4. The number of carboxylic acid groups (broad SMARTS) is 1. The topological polar surface area (TPSA) is 76.0 Å². The molecule has 1 aliphatic heterocycles. The molecule has 0 aromatic heterocycles. The van der Waals surface area contributed by atoms with Crippen LogP contribution in [0.25, 0.3) is 0 Å². The maximum Gasteiger partial charge on any atom is 0.331 e. The highest BCUT2D eigenvalue weighted by molar-refractivity contribution is 5.85. The number of aliphatic imine (C=N–C) groups is 1. The zero-order valence-corrected chi connectivity index (χ0v) is 7.60. The molecule has 2 unspecified atom stereocenters. The van der Waals surface area contributed by atoms with Crippen molar-refractivity contribution in [1.29, 1.82) is 0 Å². The lowest BCUT2D eigenvalue weighted by Gasteiger charge is -2.09. The van der Waals surface area contributed by atoms with Gasteiger partial charge in [-0.1, -0.05) is 6.58 Å². The van der Waals surface area contributed by atoms with Crippen LogP contribution in [0.1, 0.15) is 19.3 Å². The molecule has 5 heteroatoms. The number of carbonyl (C=O) groups excluding carboxylic acids is 1. The van der Waals surface area contributed by atoms with Gasteiger partial charge in [0.15, 0.2) is 6.23 Å². The highest BCUT2D eigenvalue weighted by atomic mass is 16.5. The summed E-state index contributed by atoms with van der Waals surface area (Å²) >= 11 is 0. The van der Waals surface area contributed by atoms with Crippen molar-refractivity contribution in [2.24, 2.45) is 4.99 Å². The van der Waals surface area contributed by atoms with Crippen molar-refractivity contribution in [1.82, 2.24) is 0 Å². The summed E-state index contributed by atoms with van der Waals surface area (Å²) in [6.45, 7) is 3.40. The Morgan fingerprint density at radius 1 is 1.64 bits per heavy atom. The van der Waals surface area contributed by atoms with Gasteiger partial charge in [-0.15, -0.1) is 0 Å². The molecule has 1 saturated heterocycles. The average Bonchev–Trinajstić information content (AvgIpc) is 2.53. The Kier molecular flexibility index (Phi) is 3.56. The van der Waals surface area contributed by atoms with Gasteiger partial charge in [0.05, 0.1) is 6.10 Å². The normalized spacial score (nSPS) is 25.4. The molecule has 0 aromatic rings. The van der Waals surface area contributed by atoms with Crippen LogP contribution in [0.5, 0.6) is 0 Å². The molecule has 0 radical (unpaired) electrons. The van der Waals surface area contributed by atoms with Crippen LogP contribution in [-0.2, 0) is 14.3 Å². The molecule has 0 saturated carbocycles. The van der Waals surface area contributed by atoms with Crippen molar-refractivity contribution in [3.05, 3.63) is 12.2 Å². The zero-order chi connectivity index (χ0) is 10.6. The van der Waals surface area contributed by atoms with E-state index in [9.17, 15) is 9.59 Å². The first-order valence-electron chi connectivity index (χ1n) is 4.27. The molecule has 0 aliphatic carbocycles. The average molecular weight is 197 g/mol. The number of hydrogen-bond donors (Lipinski definition) is 1. The highest BCUT2D eigenvalue weighted by Crippen LogP contribution is 2.24. The van der Waals surface area contributed by atoms with Crippen LogP contribution >= 0.6 is 0 Å². The van der Waals surface area contributed by atoms with E-state index in [2.05, 4.69) is 11.6 Å². The van der Waals surface area contributed by atoms with Crippen LogP contribution in [-0.4, -0.2) is 29.5 Å². The van der Waals surface area contributed by atoms with Gasteiger partial charge in [0, 0.05) is 12.0 Å². The Morgan fingerprint density at radius 3 is 2.93 bits per heavy atom. The Balaban J connectivity index is 2.39. The molecule has 0 spiro atoms. The fourth-order valence-corrected chi connectivity index (χ4v) is 1.35. The van der Waals surface area contributed by atoms with Crippen LogP contribution in [0.4, 0.5) is 0 Å². The molecule has 0 aromatic carbocycles. The van der Waals surface area contributed by atoms with Gasteiger partial charge in [-0.3, -0.25) is 0 Å². The summed E-state index contributed by atoms with van der Waals surface area (Å²) in [5.41, 5.74) is 0.116. The van der Waals surface area contributed by atoms with E-state index in [-0.39, 0.29) is 18.1 Å². The molecular weight excluding hydrogens is 186 g/mol. The van der Waals surface area contributed by atoms with Crippen LogP contribution < -0.4 is 0 Å². The third-order valence-corrected chi connectivity index (χ3v) is 2.06. The van der Waals surface area contributed by atoms with Gasteiger partial charge in [0.1, 0.15) is 0 Å². The molecule has 0 amide bonds. The smallest absolute Gasteiger partial charge is 0.331 e. The van der Waals surface area contributed by atoms with Crippen molar-refractivity contribution >= 4 is 12.0 Å². The van der Waals surface area contributed by atoms with Gasteiger partial charge < -0.3 is 9.84 Å². The van der Waals surface area contributed by atoms with Crippen LogP contribution in [0, 0.1) is 0 Å². The number of isocyanates is 1. The predicted molar refractivity (Wildman–Crippen MR) is 47.4 cm³/mol. The van der Waals surface area contributed by atoms with Crippen molar-refractivity contribution in [3.8, 4) is 0 Å². The predicted octanol–water partition coefficient (Wildman–Crippen LogP) is 0.858. The van der Waals surface area contributed by atoms with Crippen molar-refractivity contribution in [2.75, 3.05) is 0 Å². The van der Waals surface area contributed by atoms with E-state index in [1.165, 1.54) is 6.08 Å². The minimum absolute atomic E-state index is 0.116. The maximum absolute atomic E-state index is 10.5. The van der Waals surface area contributed by atoms with Gasteiger partial charge in [-0.05, 0) is 12.8 Å². The Labute approximate surface area is 81.1 Å². The lowest BCUT2D eigenvalue weighted by atomic mass is 10.1. The third-order valence-electron chi connectivity index (χ3n) is 2.06. The van der Waals surface area contributed by atoms with Crippen LogP contribution in [0.2, 0.25) is 0 Å². The molecule has 1 N–H and O–H groups in total. The Morgan fingerprint density at radius 2 is 2.36 bits per heavy atom. The van der Waals surface area contributed by atoms with Crippen molar-refractivity contribution in [3.63, 3.8) is 0 Å². The minimum atomic E-state index is -1.02. The zero-order valence-electron chi connectivity index (χ0n) is 7.60. The largest absolute Gasteiger partial charge is 0.478 e. The first-order valence-corrected chi connectivity index (χ1v) is 4.27. The highest BCUT2D eigenvalue weighted by Gasteiger charge is 2.26. The van der Waals surface area contributed by atoms with Gasteiger partial charge in [0.2, 0.25) is 6.08 Å². The van der Waals surface area contributed by atoms with Crippen molar-refractivity contribution in [2.45, 2.75) is 31.6 Å². The second-order valence-corrected chi connectivity index (χ2v) is 3.12. The molecule has 2 atom stereocenters. The summed E-state index contributed by atoms with van der Waals surface area (Å²) in [6, 6.07) is 0. The number of carboxylic acids is 1. The molecule has 1 heterocycles. The molecule has 0 bridgehead atoms. The van der Waals surface area contributed by atoms with E-state index in [1.54, 1.807) is 0 Å². The summed E-state index contributed by atoms with van der Waals surface area (Å²) in [7, 11) is 0. The Hall–Kier alpha value is -1.45. The number of nitrogens with zero attached hydrogens (tertiary/aromatic N) is 1. The van der Waals surface area contributed by atoms with E-state index in [4.69, 9.17) is 9.84 Å². The van der Waals surface area contributed by atoms with E-state index >= 15 is 0 Å². The second-order valence-electron chi connectivity index (χ2n) is 3.12. The fraction of sp³-hybridized carbons (Fsp3) is 0.556. The third kappa shape index (κ3) is 2.80. The quantitative estimate of drug-likeness (QED) is 0.412. The fourth-order valence-electron chi connectivity index (χ4n) is 1.35. The maximum atomic E-state index is 10.5. The summed E-state index contributed by atoms with van der Waals surface area (Å²) in [5.74, 6) is -1.02. The minimum Gasteiger partial charge on any atom is -0.478 e. The number of carbonyl (C=O) groups is 1. The van der Waals surface area contributed by atoms with Crippen molar-refractivity contribution < 1.29 is 19.4 Å². The number of hydrogen-bond acceptors (Lipinski definition) is 4. The number of aliphatic carboxylic acids is 1. The van der Waals surface area contributed by atoms with Gasteiger partial charge in [-0.25, -0.2) is 9.59 Å². The molecule has 1 fully saturated rings. The van der Waals surface area contributed by atoms with Gasteiger partial charge >= 0.3 is 5.97 Å². The first-order chi connectivity index (χ1) is 6.63. The molecule has 5 nitrogen and oxygen atoms in total. The standard InChI is InChI=1S/C9H11NO4/c1-6(9(12)13)4-7-2-3-8(14-7)10-5-11/h7-8H,1-4H2,(H,12,13). The molecule has 1 aliphatic rings. The van der Waals surface area contributed by atoms with E-state index in [0.717, 1.165) is 0 Å². The van der Waals surface area contributed by atoms with E-state index in [0.29, 0.717) is 12.8 Å². The second kappa shape index (κ2) is 4.69. The first kappa shape index (κ1) is 10.6. The molecule has 14 heavy (non-hydrogen) atoms. The van der Waals surface area contributed by atoms with Gasteiger partial charge in [0.25, 0.3) is 0 Å². The number of ether oxygens (including phenoxy) is 1. The lowest BCUT2D eigenvalue weighted by Crippen LogP contribution is -2.12. The van der Waals surface area contributed by atoms with E-state index < -0.39 is 12.2 Å². The number of rotatable bonds is 4. The summed E-state index contributed by atoms with van der Waals surface area (Å²) in [5, 5.41) is 8.57. The van der Waals surface area contributed by atoms with Gasteiger partial charge in [-0.2, -0.15) is 4.99 Å². The summed E-state index contributed by atoms with van der Waals surface area (Å²) < 4.78 is 5.27. The molecule has 1 rings (SSSR count). The SMILES string of the molecule is C=C(CC1CCC(N=C=O)O1)C(=O)O. The van der Waals surface area contributed by atoms with E-state index in [1.807, 2.05) is 0 Å². The van der Waals surface area contributed by atoms with Crippen LogP contribution in [0.15, 0.2) is 17.1 Å². The summed E-state index contributed by atoms with van der Waals surface area (Å²) in [4.78, 5) is 23.8. The Bertz CT molecular complexity index is 293.